The molecule has 4 N–H and O–H groups in total. The van der Waals surface area contributed by atoms with Crippen molar-refractivity contribution >= 4 is 34.7 Å². The standard InChI is InChI=1S/C29H31N5OS/c1-30-23-17-19-25(20-18-23)32-29(36)34-27(22-13-7-3-8-14-22)26(21-11-5-2-6-12-21)33-28(35)31-24-15-9-4-10-16-24/h2-3,5-8,11-14,17-20,24,26-27H,4,9-10,15-16H2,(H2,31,33,35)(H2,32,34,36). The van der Waals surface area contributed by atoms with E-state index in [9.17, 15) is 4.79 Å². The van der Waals surface area contributed by atoms with Crippen molar-refractivity contribution in [3.05, 3.63) is 107 Å². The second-order valence-electron chi connectivity index (χ2n) is 8.99. The molecule has 2 unspecified atom stereocenters. The molecule has 1 aliphatic carbocycles. The monoisotopic (exact) mass is 497 g/mol. The number of thiocarbonyl (C=S) groups is 1. The van der Waals surface area contributed by atoms with Crippen molar-refractivity contribution in [2.45, 2.75) is 50.2 Å². The van der Waals surface area contributed by atoms with Crippen LogP contribution in [0.2, 0.25) is 0 Å². The lowest BCUT2D eigenvalue weighted by atomic mass is 9.93. The molecule has 0 radical (unpaired) electrons. The highest BCUT2D eigenvalue weighted by atomic mass is 32.1. The van der Waals surface area contributed by atoms with Gasteiger partial charge in [0.15, 0.2) is 10.8 Å². The summed E-state index contributed by atoms with van der Waals surface area (Å²) in [5.74, 6) is 0. The van der Waals surface area contributed by atoms with E-state index in [0.717, 1.165) is 42.5 Å². The number of rotatable bonds is 7. The van der Waals surface area contributed by atoms with Gasteiger partial charge in [0.25, 0.3) is 0 Å². The number of anilines is 1. The molecule has 3 aromatic rings. The Bertz CT molecular complexity index is 1170. The minimum atomic E-state index is -0.374. The molecule has 2 atom stereocenters. The topological polar surface area (TPSA) is 69.5 Å². The van der Waals surface area contributed by atoms with Crippen molar-refractivity contribution in [3.63, 3.8) is 0 Å². The molecule has 7 heteroatoms. The Balaban J connectivity index is 1.57. The van der Waals surface area contributed by atoms with Gasteiger partial charge in [-0.15, -0.1) is 0 Å². The maximum atomic E-state index is 13.1. The van der Waals surface area contributed by atoms with Gasteiger partial charge < -0.3 is 21.3 Å². The summed E-state index contributed by atoms with van der Waals surface area (Å²) < 4.78 is 0. The number of urea groups is 1. The molecular formula is C29H31N5OS. The highest BCUT2D eigenvalue weighted by Gasteiger charge is 2.28. The van der Waals surface area contributed by atoms with E-state index < -0.39 is 0 Å². The van der Waals surface area contributed by atoms with Gasteiger partial charge in [0.05, 0.1) is 18.7 Å². The molecule has 36 heavy (non-hydrogen) atoms. The van der Waals surface area contributed by atoms with E-state index in [-0.39, 0.29) is 24.2 Å². The van der Waals surface area contributed by atoms with Gasteiger partial charge in [0.1, 0.15) is 0 Å². The molecule has 4 rings (SSSR count). The first kappa shape index (κ1) is 25.2. The van der Waals surface area contributed by atoms with Gasteiger partial charge in [-0.05, 0) is 48.3 Å². The predicted octanol–water partition coefficient (Wildman–Crippen LogP) is 6.64. The molecule has 0 saturated heterocycles. The fourth-order valence-corrected chi connectivity index (χ4v) is 4.83. The van der Waals surface area contributed by atoms with E-state index in [1.54, 1.807) is 12.1 Å². The minimum Gasteiger partial charge on any atom is -0.353 e. The average molecular weight is 498 g/mol. The lowest BCUT2D eigenvalue weighted by Crippen LogP contribution is -2.48. The Hall–Kier alpha value is -3.89. The molecule has 0 heterocycles. The molecule has 3 aromatic carbocycles. The zero-order chi connectivity index (χ0) is 25.2. The highest BCUT2D eigenvalue weighted by molar-refractivity contribution is 7.80. The maximum absolute atomic E-state index is 13.1. The van der Waals surface area contributed by atoms with Crippen molar-refractivity contribution in [2.75, 3.05) is 5.32 Å². The summed E-state index contributed by atoms with van der Waals surface area (Å²) >= 11 is 5.68. The number of benzene rings is 3. The van der Waals surface area contributed by atoms with Gasteiger partial charge in [0, 0.05) is 11.7 Å². The van der Waals surface area contributed by atoms with Crippen LogP contribution in [-0.2, 0) is 0 Å². The van der Waals surface area contributed by atoms with E-state index in [1.165, 1.54) is 6.42 Å². The smallest absolute Gasteiger partial charge is 0.315 e. The van der Waals surface area contributed by atoms with E-state index in [2.05, 4.69) is 26.1 Å². The number of carbonyl (C=O) groups excluding carboxylic acids is 1. The predicted molar refractivity (Wildman–Crippen MR) is 149 cm³/mol. The van der Waals surface area contributed by atoms with E-state index in [4.69, 9.17) is 18.8 Å². The Labute approximate surface area is 218 Å². The molecule has 6 nitrogen and oxygen atoms in total. The quantitative estimate of drug-likeness (QED) is 0.218. The molecule has 2 amide bonds. The molecule has 1 saturated carbocycles. The van der Waals surface area contributed by atoms with Crippen LogP contribution in [0.25, 0.3) is 4.85 Å². The molecule has 0 bridgehead atoms. The first-order chi connectivity index (χ1) is 17.6. The third-order valence-electron chi connectivity index (χ3n) is 6.42. The Kier molecular flexibility index (Phi) is 8.90. The van der Waals surface area contributed by atoms with Crippen LogP contribution in [0.1, 0.15) is 55.3 Å². The zero-order valence-electron chi connectivity index (χ0n) is 20.1. The Morgan fingerprint density at radius 1 is 0.806 bits per heavy atom. The van der Waals surface area contributed by atoms with Crippen LogP contribution in [-0.4, -0.2) is 17.2 Å². The van der Waals surface area contributed by atoms with Gasteiger partial charge >= 0.3 is 6.03 Å². The van der Waals surface area contributed by atoms with Crippen LogP contribution in [0.15, 0.2) is 84.9 Å². The van der Waals surface area contributed by atoms with Crippen LogP contribution in [0.5, 0.6) is 0 Å². The summed E-state index contributed by atoms with van der Waals surface area (Å²) in [6.07, 6.45) is 5.57. The van der Waals surface area contributed by atoms with E-state index in [0.29, 0.717) is 10.8 Å². The molecule has 0 spiro atoms. The van der Waals surface area contributed by atoms with E-state index >= 15 is 0 Å². The van der Waals surface area contributed by atoms with Gasteiger partial charge in [0.2, 0.25) is 0 Å². The van der Waals surface area contributed by atoms with Crippen molar-refractivity contribution in [1.29, 1.82) is 0 Å². The average Bonchev–Trinajstić information content (AvgIpc) is 2.92. The highest BCUT2D eigenvalue weighted by Crippen LogP contribution is 2.29. The van der Waals surface area contributed by atoms with Crippen LogP contribution < -0.4 is 21.3 Å². The van der Waals surface area contributed by atoms with Crippen LogP contribution in [0.3, 0.4) is 0 Å². The lowest BCUT2D eigenvalue weighted by molar-refractivity contribution is 0.226. The minimum absolute atomic E-state index is 0.174. The van der Waals surface area contributed by atoms with Gasteiger partial charge in [-0.1, -0.05) is 92.1 Å². The van der Waals surface area contributed by atoms with Crippen molar-refractivity contribution in [1.82, 2.24) is 16.0 Å². The van der Waals surface area contributed by atoms with Gasteiger partial charge in [-0.2, -0.15) is 0 Å². The third-order valence-corrected chi connectivity index (χ3v) is 6.64. The van der Waals surface area contributed by atoms with Gasteiger partial charge in [-0.3, -0.25) is 0 Å². The van der Waals surface area contributed by atoms with Crippen molar-refractivity contribution in [3.8, 4) is 0 Å². The van der Waals surface area contributed by atoms with Crippen LogP contribution >= 0.6 is 12.2 Å². The first-order valence-electron chi connectivity index (χ1n) is 12.3. The van der Waals surface area contributed by atoms with Crippen molar-refractivity contribution in [2.24, 2.45) is 0 Å². The summed E-state index contributed by atoms with van der Waals surface area (Å²) in [6, 6.07) is 26.4. The molecule has 0 aromatic heterocycles. The summed E-state index contributed by atoms with van der Waals surface area (Å²) in [5.41, 5.74) is 3.32. The second-order valence-corrected chi connectivity index (χ2v) is 9.39. The number of amides is 2. The third kappa shape index (κ3) is 7.06. The largest absolute Gasteiger partial charge is 0.353 e. The number of hydrogen-bond donors (Lipinski definition) is 4. The summed E-state index contributed by atoms with van der Waals surface area (Å²) in [4.78, 5) is 16.6. The number of nitrogens with zero attached hydrogens (tertiary/aromatic N) is 1. The van der Waals surface area contributed by atoms with Crippen LogP contribution in [0.4, 0.5) is 16.2 Å². The number of carbonyl (C=O) groups is 1. The van der Waals surface area contributed by atoms with Crippen LogP contribution in [0, 0.1) is 6.57 Å². The number of nitrogens with one attached hydrogen (secondary N) is 4. The fraction of sp³-hybridized carbons (Fsp3) is 0.276. The molecule has 1 aliphatic rings. The zero-order valence-corrected chi connectivity index (χ0v) is 20.9. The normalized spacial score (nSPS) is 15.1. The molecular weight excluding hydrogens is 466 g/mol. The Morgan fingerprint density at radius 3 is 1.92 bits per heavy atom. The fourth-order valence-electron chi connectivity index (χ4n) is 4.58. The SMILES string of the molecule is [C-]#[N+]c1ccc(NC(=S)NC(c2ccccc2)C(NC(=O)NC2CCCCC2)c2ccccc2)cc1. The van der Waals surface area contributed by atoms with Crippen molar-refractivity contribution < 1.29 is 4.79 Å². The molecule has 0 aliphatic heterocycles. The maximum Gasteiger partial charge on any atom is 0.315 e. The first-order valence-corrected chi connectivity index (χ1v) is 12.7. The second kappa shape index (κ2) is 12.7. The summed E-state index contributed by atoms with van der Waals surface area (Å²) in [5, 5.41) is 13.5. The molecule has 1 fully saturated rings. The Morgan fingerprint density at radius 2 is 1.36 bits per heavy atom. The summed E-state index contributed by atoms with van der Waals surface area (Å²) in [7, 11) is 0. The summed E-state index contributed by atoms with van der Waals surface area (Å²) in [6.45, 7) is 7.14. The van der Waals surface area contributed by atoms with Gasteiger partial charge in [-0.25, -0.2) is 9.64 Å². The number of hydrogen-bond acceptors (Lipinski definition) is 2. The lowest BCUT2D eigenvalue weighted by Gasteiger charge is -2.32. The molecule has 184 valence electrons. The van der Waals surface area contributed by atoms with E-state index in [1.807, 2.05) is 72.8 Å².